The van der Waals surface area contributed by atoms with E-state index in [4.69, 9.17) is 9.84 Å². The average Bonchev–Trinajstić information content (AvgIpc) is 2.18. The van der Waals surface area contributed by atoms with E-state index >= 15 is 0 Å². The van der Waals surface area contributed by atoms with Crippen molar-refractivity contribution in [2.24, 2.45) is 0 Å². The minimum atomic E-state index is -0.417. The van der Waals surface area contributed by atoms with Crippen LogP contribution in [-0.2, 0) is 9.53 Å². The van der Waals surface area contributed by atoms with Gasteiger partial charge in [-0.15, -0.1) is 0 Å². The summed E-state index contributed by atoms with van der Waals surface area (Å²) in [6, 6.07) is 0.335. The summed E-state index contributed by atoms with van der Waals surface area (Å²) < 4.78 is 5.32. The predicted octanol–water partition coefficient (Wildman–Crippen LogP) is 1.56. The van der Waals surface area contributed by atoms with Crippen LogP contribution in [0, 0.1) is 0 Å². The number of hydrogen-bond donors (Lipinski definition) is 1. The summed E-state index contributed by atoms with van der Waals surface area (Å²) in [5.41, 5.74) is -0.417. The normalized spacial score (nSPS) is 22.5. The molecule has 1 atom stereocenters. The molecule has 0 spiro atoms. The zero-order chi connectivity index (χ0) is 12.9. The lowest BCUT2D eigenvalue weighted by Gasteiger charge is -2.35. The van der Waals surface area contributed by atoms with E-state index in [0.29, 0.717) is 12.6 Å². The Kier molecular flexibility index (Phi) is 5.40. The number of likely N-dealkylation sites (tertiary alicyclic amines) is 1. The van der Waals surface area contributed by atoms with Gasteiger partial charge in [0.15, 0.2) is 0 Å². The molecule has 17 heavy (non-hydrogen) atoms. The van der Waals surface area contributed by atoms with Gasteiger partial charge in [0.25, 0.3) is 0 Å². The molecule has 1 aliphatic heterocycles. The predicted molar refractivity (Wildman–Crippen MR) is 66.8 cm³/mol. The number of aliphatic hydroxyl groups excluding tert-OH is 1. The molecule has 0 amide bonds. The second kappa shape index (κ2) is 6.36. The van der Waals surface area contributed by atoms with E-state index < -0.39 is 5.60 Å². The van der Waals surface area contributed by atoms with Gasteiger partial charge in [0, 0.05) is 12.6 Å². The maximum absolute atomic E-state index is 11.8. The van der Waals surface area contributed by atoms with Gasteiger partial charge in [-0.25, -0.2) is 0 Å². The minimum Gasteiger partial charge on any atom is -0.459 e. The SMILES string of the molecule is CC(C)(C)OC(=O)CN1CCCCC1CCO. The Morgan fingerprint density at radius 2 is 2.12 bits per heavy atom. The van der Waals surface area contributed by atoms with E-state index in [0.717, 1.165) is 25.8 Å². The molecule has 4 nitrogen and oxygen atoms in total. The van der Waals surface area contributed by atoms with Crippen LogP contribution in [0.1, 0.15) is 46.5 Å². The number of nitrogens with zero attached hydrogens (tertiary/aromatic N) is 1. The number of esters is 1. The van der Waals surface area contributed by atoms with Gasteiger partial charge in [0.05, 0.1) is 6.54 Å². The van der Waals surface area contributed by atoms with E-state index in [1.807, 2.05) is 20.8 Å². The lowest BCUT2D eigenvalue weighted by atomic mass is 10.00. The fourth-order valence-electron chi connectivity index (χ4n) is 2.28. The molecular weight excluding hydrogens is 218 g/mol. The highest BCUT2D eigenvalue weighted by molar-refractivity contribution is 5.72. The Bertz CT molecular complexity index is 246. The molecular formula is C13H25NO3. The maximum atomic E-state index is 11.8. The number of ether oxygens (including phenoxy) is 1. The monoisotopic (exact) mass is 243 g/mol. The van der Waals surface area contributed by atoms with Crippen LogP contribution in [0.3, 0.4) is 0 Å². The van der Waals surface area contributed by atoms with Gasteiger partial charge < -0.3 is 9.84 Å². The zero-order valence-corrected chi connectivity index (χ0v) is 11.2. The molecule has 0 saturated carbocycles. The van der Waals surface area contributed by atoms with E-state index in [2.05, 4.69) is 4.90 Å². The van der Waals surface area contributed by atoms with Crippen molar-refractivity contribution in [2.45, 2.75) is 58.1 Å². The van der Waals surface area contributed by atoms with Crippen LogP contribution in [0.2, 0.25) is 0 Å². The van der Waals surface area contributed by atoms with E-state index in [1.54, 1.807) is 0 Å². The molecule has 1 aliphatic rings. The molecule has 1 heterocycles. The molecule has 0 aliphatic carbocycles. The van der Waals surface area contributed by atoms with E-state index in [-0.39, 0.29) is 12.6 Å². The Balaban J connectivity index is 2.44. The summed E-state index contributed by atoms with van der Waals surface area (Å²) in [5, 5.41) is 9.01. The summed E-state index contributed by atoms with van der Waals surface area (Å²) in [7, 11) is 0. The number of piperidine rings is 1. The first-order valence-electron chi connectivity index (χ1n) is 6.49. The van der Waals surface area contributed by atoms with E-state index in [9.17, 15) is 4.79 Å². The average molecular weight is 243 g/mol. The molecule has 1 fully saturated rings. The second-order valence-corrected chi connectivity index (χ2v) is 5.72. The third kappa shape index (κ3) is 5.50. The highest BCUT2D eigenvalue weighted by atomic mass is 16.6. The molecule has 1 unspecified atom stereocenters. The lowest BCUT2D eigenvalue weighted by molar-refractivity contribution is -0.157. The largest absolute Gasteiger partial charge is 0.459 e. The summed E-state index contributed by atoms with van der Waals surface area (Å²) >= 11 is 0. The van der Waals surface area contributed by atoms with Gasteiger partial charge in [0.2, 0.25) is 0 Å². The molecule has 1 N–H and O–H groups in total. The topological polar surface area (TPSA) is 49.8 Å². The molecule has 100 valence electrons. The third-order valence-electron chi connectivity index (χ3n) is 2.96. The maximum Gasteiger partial charge on any atom is 0.320 e. The van der Waals surface area contributed by atoms with Crippen LogP contribution >= 0.6 is 0 Å². The Morgan fingerprint density at radius 3 is 2.71 bits per heavy atom. The molecule has 0 aromatic rings. The summed E-state index contributed by atoms with van der Waals surface area (Å²) in [5.74, 6) is -0.165. The fourth-order valence-corrected chi connectivity index (χ4v) is 2.28. The standard InChI is InChI=1S/C13H25NO3/c1-13(2,3)17-12(16)10-14-8-5-4-6-11(14)7-9-15/h11,15H,4-10H2,1-3H3. The van der Waals surface area contributed by atoms with Gasteiger partial charge >= 0.3 is 5.97 Å². The summed E-state index contributed by atoms with van der Waals surface area (Å²) in [6.45, 7) is 7.12. The number of carbonyl (C=O) groups is 1. The smallest absolute Gasteiger partial charge is 0.320 e. The van der Waals surface area contributed by atoms with Crippen LogP contribution in [0.25, 0.3) is 0 Å². The summed E-state index contributed by atoms with van der Waals surface area (Å²) in [4.78, 5) is 13.9. The molecule has 0 bridgehead atoms. The van der Waals surface area contributed by atoms with Gasteiger partial charge in [-0.3, -0.25) is 9.69 Å². The number of hydrogen-bond acceptors (Lipinski definition) is 4. The van der Waals surface area contributed by atoms with Gasteiger partial charge in [0.1, 0.15) is 5.60 Å². The molecule has 4 heteroatoms. The van der Waals surface area contributed by atoms with Crippen LogP contribution < -0.4 is 0 Å². The van der Waals surface area contributed by atoms with Crippen molar-refractivity contribution in [2.75, 3.05) is 19.7 Å². The molecule has 1 rings (SSSR count). The van der Waals surface area contributed by atoms with Crippen molar-refractivity contribution in [3.63, 3.8) is 0 Å². The highest BCUT2D eigenvalue weighted by Gasteiger charge is 2.26. The van der Waals surface area contributed by atoms with Crippen LogP contribution in [0.4, 0.5) is 0 Å². The fraction of sp³-hybridized carbons (Fsp3) is 0.923. The Labute approximate surface area is 104 Å². The highest BCUT2D eigenvalue weighted by Crippen LogP contribution is 2.19. The van der Waals surface area contributed by atoms with E-state index in [1.165, 1.54) is 6.42 Å². The third-order valence-corrected chi connectivity index (χ3v) is 2.96. The van der Waals surface area contributed by atoms with Crippen molar-refractivity contribution in [3.8, 4) is 0 Å². The van der Waals surface area contributed by atoms with Gasteiger partial charge in [-0.05, 0) is 46.6 Å². The molecule has 0 radical (unpaired) electrons. The Morgan fingerprint density at radius 1 is 1.41 bits per heavy atom. The minimum absolute atomic E-state index is 0.165. The quantitative estimate of drug-likeness (QED) is 0.761. The first kappa shape index (κ1) is 14.5. The molecule has 0 aromatic heterocycles. The van der Waals surface area contributed by atoms with Crippen molar-refractivity contribution in [1.82, 2.24) is 4.90 Å². The van der Waals surface area contributed by atoms with Crippen LogP contribution in [-0.4, -0.2) is 47.3 Å². The molecule has 1 saturated heterocycles. The van der Waals surface area contributed by atoms with Crippen molar-refractivity contribution >= 4 is 5.97 Å². The second-order valence-electron chi connectivity index (χ2n) is 5.72. The van der Waals surface area contributed by atoms with Crippen molar-refractivity contribution in [3.05, 3.63) is 0 Å². The van der Waals surface area contributed by atoms with Gasteiger partial charge in [-0.1, -0.05) is 6.42 Å². The summed E-state index contributed by atoms with van der Waals surface area (Å²) in [6.07, 6.45) is 4.15. The van der Waals surface area contributed by atoms with Crippen molar-refractivity contribution in [1.29, 1.82) is 0 Å². The van der Waals surface area contributed by atoms with Crippen LogP contribution in [0.5, 0.6) is 0 Å². The first-order valence-corrected chi connectivity index (χ1v) is 6.49. The number of rotatable bonds is 4. The van der Waals surface area contributed by atoms with Gasteiger partial charge in [-0.2, -0.15) is 0 Å². The molecule has 0 aromatic carbocycles. The number of aliphatic hydroxyl groups is 1. The van der Waals surface area contributed by atoms with Crippen molar-refractivity contribution < 1.29 is 14.6 Å². The first-order chi connectivity index (χ1) is 7.92. The lowest BCUT2D eigenvalue weighted by Crippen LogP contribution is -2.44. The zero-order valence-electron chi connectivity index (χ0n) is 11.2. The number of carbonyl (C=O) groups excluding carboxylic acids is 1. The Hall–Kier alpha value is -0.610. The van der Waals surface area contributed by atoms with Crippen LogP contribution in [0.15, 0.2) is 0 Å².